The first kappa shape index (κ1) is 19.5. The molecular weight excluding hydrogens is 381 g/mol. The van der Waals surface area contributed by atoms with Crippen molar-refractivity contribution in [3.63, 3.8) is 0 Å². The summed E-state index contributed by atoms with van der Waals surface area (Å²) in [7, 11) is -1.05. The largest absolute Gasteiger partial charge is 0.535 e. The van der Waals surface area contributed by atoms with Crippen LogP contribution >= 0.6 is 0 Å². The molecule has 0 bridgehead atoms. The number of likely N-dealkylation sites (tertiary alicyclic amines) is 1. The van der Waals surface area contributed by atoms with Gasteiger partial charge >= 0.3 is 13.1 Å². The highest BCUT2D eigenvalue weighted by Gasteiger charge is 2.40. The minimum Gasteiger partial charge on any atom is -0.535 e. The van der Waals surface area contributed by atoms with E-state index in [-0.39, 0.29) is 35.0 Å². The fraction of sp³-hybridized carbons (Fsp3) is 0.500. The lowest BCUT2D eigenvalue weighted by molar-refractivity contribution is -0.142. The van der Waals surface area contributed by atoms with E-state index in [9.17, 15) is 24.5 Å². The number of fused-ring (bicyclic) bond motifs is 1. The molecule has 4 rings (SSSR count). The molecule has 2 atom stereocenters. The summed E-state index contributed by atoms with van der Waals surface area (Å²) >= 11 is 0. The first-order chi connectivity index (χ1) is 13.8. The van der Waals surface area contributed by atoms with Gasteiger partial charge in [-0.1, -0.05) is 6.07 Å². The topological polar surface area (TPSA) is 151 Å². The first-order valence-corrected chi connectivity index (χ1v) is 9.55. The number of amides is 2. The molecule has 2 saturated heterocycles. The van der Waals surface area contributed by atoms with Gasteiger partial charge in [0.1, 0.15) is 23.2 Å². The van der Waals surface area contributed by atoms with Crippen LogP contribution in [0.5, 0.6) is 11.5 Å². The fourth-order valence-corrected chi connectivity index (χ4v) is 3.95. The van der Waals surface area contributed by atoms with E-state index in [2.05, 4.69) is 5.32 Å². The third kappa shape index (κ3) is 3.75. The molecule has 0 aromatic heterocycles. The zero-order valence-electron chi connectivity index (χ0n) is 15.7. The summed E-state index contributed by atoms with van der Waals surface area (Å²) in [6.45, 7) is 1.03. The van der Waals surface area contributed by atoms with Crippen molar-refractivity contribution in [1.29, 1.82) is 0 Å². The summed E-state index contributed by atoms with van der Waals surface area (Å²) in [5.74, 6) is -1.81. The molecule has 29 heavy (non-hydrogen) atoms. The average Bonchev–Trinajstić information content (AvgIpc) is 3.13. The number of aryl methyl sites for hydroxylation is 1. The summed E-state index contributed by atoms with van der Waals surface area (Å²) < 4.78 is 11.2. The minimum atomic E-state index is -1.20. The van der Waals surface area contributed by atoms with Crippen molar-refractivity contribution in [1.82, 2.24) is 10.2 Å². The molecule has 1 aromatic carbocycles. The van der Waals surface area contributed by atoms with Crippen LogP contribution in [0, 0.1) is 5.92 Å². The number of aromatic carboxylic acids is 1. The number of rotatable bonds is 5. The number of carboxylic acids is 1. The zero-order valence-corrected chi connectivity index (χ0v) is 15.7. The van der Waals surface area contributed by atoms with E-state index in [0.29, 0.717) is 44.4 Å². The Bertz CT molecular complexity index is 858. The van der Waals surface area contributed by atoms with Crippen LogP contribution in [0.2, 0.25) is 6.32 Å². The van der Waals surface area contributed by atoms with Crippen molar-refractivity contribution in [2.24, 2.45) is 11.7 Å². The molecule has 0 unspecified atom stereocenters. The standard InChI is InChI=1S/C18H22BN3O7/c20-16(23)10-5-12(21-6-10)17(24)22-7-11(8-22)28-13-2-1-9-3-4-19(27)29-15(9)14(13)18(25)26/h1-2,10-12,21,27H,3-8H2,(H2,20,23)(H,25,26)/t10-,12-/m0/s1. The molecule has 0 radical (unpaired) electrons. The number of nitrogens with zero attached hydrogens (tertiary/aromatic N) is 1. The fourth-order valence-electron chi connectivity index (χ4n) is 3.95. The first-order valence-electron chi connectivity index (χ1n) is 9.55. The molecule has 2 amide bonds. The maximum atomic E-state index is 12.5. The highest BCUT2D eigenvalue weighted by Crippen LogP contribution is 2.37. The molecule has 1 aromatic rings. The van der Waals surface area contributed by atoms with Gasteiger partial charge in [0.05, 0.1) is 25.0 Å². The Kier molecular flexibility index (Phi) is 5.09. The van der Waals surface area contributed by atoms with Crippen LogP contribution in [0.1, 0.15) is 22.3 Å². The zero-order chi connectivity index (χ0) is 20.7. The lowest BCUT2D eigenvalue weighted by Gasteiger charge is -2.40. The minimum absolute atomic E-state index is 0.118. The lowest BCUT2D eigenvalue weighted by Crippen LogP contribution is -2.59. The third-order valence-corrected chi connectivity index (χ3v) is 5.61. The number of carbonyl (C=O) groups is 3. The van der Waals surface area contributed by atoms with E-state index in [4.69, 9.17) is 15.1 Å². The van der Waals surface area contributed by atoms with Crippen LogP contribution in [-0.2, 0) is 16.0 Å². The normalized spacial score (nSPS) is 23.8. The van der Waals surface area contributed by atoms with Gasteiger partial charge < -0.3 is 35.5 Å². The van der Waals surface area contributed by atoms with Gasteiger partial charge in [0, 0.05) is 6.54 Å². The lowest BCUT2D eigenvalue weighted by atomic mass is 9.78. The van der Waals surface area contributed by atoms with Gasteiger partial charge in [-0.3, -0.25) is 9.59 Å². The second kappa shape index (κ2) is 7.56. The molecule has 10 nitrogen and oxygen atoms in total. The Morgan fingerprint density at radius 1 is 1.31 bits per heavy atom. The number of primary amides is 1. The number of benzene rings is 1. The van der Waals surface area contributed by atoms with Gasteiger partial charge in [0.25, 0.3) is 0 Å². The molecule has 0 spiro atoms. The number of ether oxygens (including phenoxy) is 1. The molecule has 3 heterocycles. The number of nitrogens with one attached hydrogen (secondary N) is 1. The molecule has 11 heteroatoms. The molecule has 3 aliphatic rings. The highest BCUT2D eigenvalue weighted by atomic mass is 16.5. The van der Waals surface area contributed by atoms with Gasteiger partial charge in [-0.15, -0.1) is 0 Å². The van der Waals surface area contributed by atoms with Crippen molar-refractivity contribution in [3.8, 4) is 11.5 Å². The monoisotopic (exact) mass is 403 g/mol. The maximum absolute atomic E-state index is 12.5. The summed E-state index contributed by atoms with van der Waals surface area (Å²) in [4.78, 5) is 37.1. The molecule has 154 valence electrons. The van der Waals surface area contributed by atoms with Gasteiger partial charge in [0.15, 0.2) is 0 Å². The highest BCUT2D eigenvalue weighted by molar-refractivity contribution is 6.44. The SMILES string of the molecule is NC(=O)[C@@H]1CN[C@H](C(=O)N2CC(Oc3ccc4c(c3C(=O)O)OB(O)CC4)C2)C1. The maximum Gasteiger partial charge on any atom is 0.522 e. The molecule has 5 N–H and O–H groups in total. The van der Waals surface area contributed by atoms with Crippen molar-refractivity contribution in [2.45, 2.75) is 31.3 Å². The predicted molar refractivity (Wildman–Crippen MR) is 101 cm³/mol. The van der Waals surface area contributed by atoms with Gasteiger partial charge in [-0.2, -0.15) is 0 Å². The Labute approximate surface area is 167 Å². The number of carboxylic acid groups (broad SMARTS) is 1. The van der Waals surface area contributed by atoms with E-state index < -0.39 is 25.0 Å². The van der Waals surface area contributed by atoms with Crippen LogP contribution in [-0.4, -0.2) is 71.7 Å². The second-order valence-electron chi connectivity index (χ2n) is 7.62. The van der Waals surface area contributed by atoms with Crippen molar-refractivity contribution < 1.29 is 33.9 Å². The summed E-state index contributed by atoms with van der Waals surface area (Å²) in [6.07, 6.45) is 0.947. The molecule has 3 aliphatic heterocycles. The van der Waals surface area contributed by atoms with E-state index >= 15 is 0 Å². The number of hydrogen-bond donors (Lipinski definition) is 4. The predicted octanol–water partition coefficient (Wildman–Crippen LogP) is -1.15. The van der Waals surface area contributed by atoms with E-state index in [1.54, 1.807) is 17.0 Å². The van der Waals surface area contributed by atoms with Crippen LogP contribution in [0.25, 0.3) is 0 Å². The van der Waals surface area contributed by atoms with Gasteiger partial charge in [-0.25, -0.2) is 4.79 Å². The Balaban J connectivity index is 1.39. The average molecular weight is 403 g/mol. The van der Waals surface area contributed by atoms with E-state index in [1.165, 1.54) is 0 Å². The summed E-state index contributed by atoms with van der Waals surface area (Å²) in [6, 6.07) is 2.88. The molecule has 2 fully saturated rings. The van der Waals surface area contributed by atoms with E-state index in [1.807, 2.05) is 0 Å². The van der Waals surface area contributed by atoms with Gasteiger partial charge in [-0.05, 0) is 30.8 Å². The molecule has 0 saturated carbocycles. The summed E-state index contributed by atoms with van der Waals surface area (Å²) in [5.41, 5.74) is 5.88. The Hall–Kier alpha value is -2.79. The van der Waals surface area contributed by atoms with Crippen molar-refractivity contribution >= 4 is 24.9 Å². The van der Waals surface area contributed by atoms with Gasteiger partial charge in [0.2, 0.25) is 11.8 Å². The smallest absolute Gasteiger partial charge is 0.522 e. The van der Waals surface area contributed by atoms with Crippen LogP contribution in [0.15, 0.2) is 12.1 Å². The van der Waals surface area contributed by atoms with Crippen LogP contribution in [0.4, 0.5) is 0 Å². The molecular formula is C18H22BN3O7. The molecule has 0 aliphatic carbocycles. The number of carbonyl (C=O) groups excluding carboxylic acids is 2. The van der Waals surface area contributed by atoms with Crippen molar-refractivity contribution in [3.05, 3.63) is 23.3 Å². The van der Waals surface area contributed by atoms with Crippen LogP contribution in [0.3, 0.4) is 0 Å². The quantitative estimate of drug-likeness (QED) is 0.450. The second-order valence-corrected chi connectivity index (χ2v) is 7.62. The van der Waals surface area contributed by atoms with Crippen molar-refractivity contribution in [2.75, 3.05) is 19.6 Å². The summed E-state index contributed by atoms with van der Waals surface area (Å²) in [5, 5.41) is 22.3. The van der Waals surface area contributed by atoms with Crippen LogP contribution < -0.4 is 20.4 Å². The number of nitrogens with two attached hydrogens (primary N) is 1. The Morgan fingerprint density at radius 2 is 2.07 bits per heavy atom. The Morgan fingerprint density at radius 3 is 2.72 bits per heavy atom. The number of hydrogen-bond acceptors (Lipinski definition) is 7. The third-order valence-electron chi connectivity index (χ3n) is 5.61. The van der Waals surface area contributed by atoms with E-state index in [0.717, 1.165) is 0 Å².